The van der Waals surface area contributed by atoms with Gasteiger partial charge in [-0.1, -0.05) is 19.3 Å². The summed E-state index contributed by atoms with van der Waals surface area (Å²) in [7, 11) is 0. The molecule has 0 aromatic carbocycles. The maximum absolute atomic E-state index is 4.60. The molecule has 0 spiro atoms. The SMILES string of the molecule is Cc1nc(-c2n[nH]c(C3CCCCC3)n2)cs1. The lowest BCUT2D eigenvalue weighted by molar-refractivity contribution is 0.429. The molecule has 0 aliphatic heterocycles. The maximum Gasteiger partial charge on any atom is 0.200 e. The van der Waals surface area contributed by atoms with Crippen molar-refractivity contribution in [1.29, 1.82) is 0 Å². The van der Waals surface area contributed by atoms with Gasteiger partial charge >= 0.3 is 0 Å². The van der Waals surface area contributed by atoms with Crippen molar-refractivity contribution in [2.24, 2.45) is 0 Å². The second-order valence-corrected chi connectivity index (χ2v) is 5.69. The topological polar surface area (TPSA) is 54.5 Å². The molecule has 0 bridgehead atoms. The lowest BCUT2D eigenvalue weighted by Gasteiger charge is -2.18. The molecule has 1 N–H and O–H groups in total. The van der Waals surface area contributed by atoms with Gasteiger partial charge in [-0.3, -0.25) is 5.10 Å². The van der Waals surface area contributed by atoms with Gasteiger partial charge in [0.15, 0.2) is 0 Å². The van der Waals surface area contributed by atoms with Crippen LogP contribution in [0.2, 0.25) is 0 Å². The van der Waals surface area contributed by atoms with E-state index >= 15 is 0 Å². The average Bonchev–Trinajstić information content (AvgIpc) is 2.98. The molecule has 2 aromatic rings. The third-order valence-corrected chi connectivity index (χ3v) is 4.12. The normalized spacial score (nSPS) is 17.5. The summed E-state index contributed by atoms with van der Waals surface area (Å²) in [6, 6.07) is 0. The fourth-order valence-corrected chi connectivity index (χ4v) is 3.00. The first kappa shape index (κ1) is 10.9. The Morgan fingerprint density at radius 3 is 2.76 bits per heavy atom. The van der Waals surface area contributed by atoms with Crippen LogP contribution < -0.4 is 0 Å². The Hall–Kier alpha value is -1.23. The van der Waals surface area contributed by atoms with Gasteiger partial charge in [0.05, 0.1) is 5.01 Å². The van der Waals surface area contributed by atoms with Crippen molar-refractivity contribution in [2.45, 2.75) is 44.9 Å². The summed E-state index contributed by atoms with van der Waals surface area (Å²) in [4.78, 5) is 9.01. The number of thiazole rings is 1. The summed E-state index contributed by atoms with van der Waals surface area (Å²) in [6.45, 7) is 2.00. The second-order valence-electron chi connectivity index (χ2n) is 4.63. The minimum absolute atomic E-state index is 0.574. The highest BCUT2D eigenvalue weighted by atomic mass is 32.1. The van der Waals surface area contributed by atoms with E-state index < -0.39 is 0 Å². The van der Waals surface area contributed by atoms with Crippen LogP contribution in [-0.4, -0.2) is 20.2 Å². The molecule has 90 valence electrons. The van der Waals surface area contributed by atoms with Gasteiger partial charge in [0.25, 0.3) is 0 Å². The van der Waals surface area contributed by atoms with E-state index in [-0.39, 0.29) is 0 Å². The standard InChI is InChI=1S/C12H16N4S/c1-8-13-10(7-17-8)12-14-11(15-16-12)9-5-3-2-4-6-9/h7,9H,2-6H2,1H3,(H,14,15,16). The molecule has 3 rings (SSSR count). The van der Waals surface area contributed by atoms with E-state index in [0.717, 1.165) is 22.4 Å². The van der Waals surface area contributed by atoms with Crippen molar-refractivity contribution in [3.8, 4) is 11.5 Å². The van der Waals surface area contributed by atoms with Gasteiger partial charge in [-0.2, -0.15) is 5.10 Å². The van der Waals surface area contributed by atoms with Gasteiger partial charge in [0.2, 0.25) is 5.82 Å². The van der Waals surface area contributed by atoms with Crippen LogP contribution in [0.3, 0.4) is 0 Å². The zero-order chi connectivity index (χ0) is 11.7. The van der Waals surface area contributed by atoms with Crippen molar-refractivity contribution in [3.63, 3.8) is 0 Å². The number of aryl methyl sites for hydroxylation is 1. The molecule has 1 fully saturated rings. The molecular weight excluding hydrogens is 232 g/mol. The average molecular weight is 248 g/mol. The van der Waals surface area contributed by atoms with Crippen molar-refractivity contribution in [1.82, 2.24) is 20.2 Å². The van der Waals surface area contributed by atoms with Gasteiger partial charge in [-0.05, 0) is 19.8 Å². The number of rotatable bonds is 2. The number of nitrogens with zero attached hydrogens (tertiary/aromatic N) is 3. The molecule has 1 aliphatic rings. The Kier molecular flexibility index (Phi) is 2.93. The third kappa shape index (κ3) is 2.24. The van der Waals surface area contributed by atoms with Crippen molar-refractivity contribution in [3.05, 3.63) is 16.2 Å². The number of nitrogens with one attached hydrogen (secondary N) is 1. The van der Waals surface area contributed by atoms with Gasteiger partial charge in [0, 0.05) is 11.3 Å². The smallest absolute Gasteiger partial charge is 0.200 e. The zero-order valence-electron chi connectivity index (χ0n) is 9.94. The Labute approximate surface area is 105 Å². The van der Waals surface area contributed by atoms with Crippen molar-refractivity contribution in [2.75, 3.05) is 0 Å². The molecule has 0 amide bonds. The molecule has 5 heteroatoms. The van der Waals surface area contributed by atoms with Crippen LogP contribution in [0.15, 0.2) is 5.38 Å². The van der Waals surface area contributed by atoms with Gasteiger partial charge in [-0.15, -0.1) is 11.3 Å². The molecule has 0 saturated heterocycles. The molecule has 1 saturated carbocycles. The van der Waals surface area contributed by atoms with E-state index in [0.29, 0.717) is 5.92 Å². The summed E-state index contributed by atoms with van der Waals surface area (Å²) in [6.07, 6.45) is 6.48. The molecule has 17 heavy (non-hydrogen) atoms. The van der Waals surface area contributed by atoms with Crippen LogP contribution in [-0.2, 0) is 0 Å². The van der Waals surface area contributed by atoms with Gasteiger partial charge in [0.1, 0.15) is 11.5 Å². The molecule has 0 unspecified atom stereocenters. The Morgan fingerprint density at radius 1 is 1.24 bits per heavy atom. The van der Waals surface area contributed by atoms with E-state index in [1.54, 1.807) is 11.3 Å². The predicted molar refractivity (Wildman–Crippen MR) is 68.1 cm³/mol. The predicted octanol–water partition coefficient (Wildman–Crippen LogP) is 3.28. The summed E-state index contributed by atoms with van der Waals surface area (Å²) in [5, 5.41) is 10.4. The first-order chi connectivity index (χ1) is 8.33. The van der Waals surface area contributed by atoms with Crippen LogP contribution in [0, 0.1) is 6.92 Å². The maximum atomic E-state index is 4.60. The summed E-state index contributed by atoms with van der Waals surface area (Å²) in [5.74, 6) is 2.37. The lowest BCUT2D eigenvalue weighted by Crippen LogP contribution is -2.06. The number of hydrogen-bond acceptors (Lipinski definition) is 4. The number of H-pyrrole nitrogens is 1. The second kappa shape index (κ2) is 4.56. The first-order valence-corrected chi connectivity index (χ1v) is 7.05. The highest BCUT2D eigenvalue weighted by Crippen LogP contribution is 2.31. The van der Waals surface area contributed by atoms with Crippen LogP contribution in [0.1, 0.15) is 48.9 Å². The molecule has 0 atom stereocenters. The fraction of sp³-hybridized carbons (Fsp3) is 0.583. The Balaban J connectivity index is 1.82. The third-order valence-electron chi connectivity index (χ3n) is 3.34. The number of aromatic nitrogens is 4. The van der Waals surface area contributed by atoms with E-state index in [1.807, 2.05) is 12.3 Å². The quantitative estimate of drug-likeness (QED) is 0.887. The lowest BCUT2D eigenvalue weighted by atomic mass is 9.89. The molecule has 2 aromatic heterocycles. The summed E-state index contributed by atoms with van der Waals surface area (Å²) in [5.41, 5.74) is 0.894. The largest absolute Gasteiger partial charge is 0.262 e. The van der Waals surface area contributed by atoms with E-state index in [2.05, 4.69) is 20.2 Å². The van der Waals surface area contributed by atoms with Crippen molar-refractivity contribution < 1.29 is 0 Å². The summed E-state index contributed by atoms with van der Waals surface area (Å²) >= 11 is 1.64. The monoisotopic (exact) mass is 248 g/mol. The van der Waals surface area contributed by atoms with Crippen LogP contribution in [0.25, 0.3) is 11.5 Å². The highest BCUT2D eigenvalue weighted by molar-refractivity contribution is 7.09. The van der Waals surface area contributed by atoms with Gasteiger partial charge in [-0.25, -0.2) is 9.97 Å². The van der Waals surface area contributed by atoms with Crippen molar-refractivity contribution >= 4 is 11.3 Å². The zero-order valence-corrected chi connectivity index (χ0v) is 10.8. The minimum Gasteiger partial charge on any atom is -0.262 e. The molecule has 2 heterocycles. The van der Waals surface area contributed by atoms with Crippen LogP contribution in [0.5, 0.6) is 0 Å². The Morgan fingerprint density at radius 2 is 2.06 bits per heavy atom. The number of aromatic amines is 1. The summed E-state index contributed by atoms with van der Waals surface area (Å²) < 4.78 is 0. The first-order valence-electron chi connectivity index (χ1n) is 6.18. The fourth-order valence-electron chi connectivity index (χ4n) is 2.41. The Bertz CT molecular complexity index is 496. The van der Waals surface area contributed by atoms with E-state index in [1.165, 1.54) is 32.1 Å². The number of hydrogen-bond donors (Lipinski definition) is 1. The minimum atomic E-state index is 0.574. The van der Waals surface area contributed by atoms with Crippen LogP contribution in [0.4, 0.5) is 0 Å². The van der Waals surface area contributed by atoms with E-state index in [4.69, 9.17) is 0 Å². The molecular formula is C12H16N4S. The molecule has 1 aliphatic carbocycles. The van der Waals surface area contributed by atoms with E-state index in [9.17, 15) is 0 Å². The molecule has 4 nitrogen and oxygen atoms in total. The van der Waals surface area contributed by atoms with Crippen LogP contribution >= 0.6 is 11.3 Å². The molecule has 0 radical (unpaired) electrons. The highest BCUT2D eigenvalue weighted by Gasteiger charge is 2.19. The van der Waals surface area contributed by atoms with Gasteiger partial charge < -0.3 is 0 Å².